The zero-order chi connectivity index (χ0) is 18.2. The summed E-state index contributed by atoms with van der Waals surface area (Å²) in [6, 6.07) is 27.1. The third-order valence-electron chi connectivity index (χ3n) is 6.24. The Morgan fingerprint density at radius 3 is 2.56 bits per heavy atom. The number of ether oxygens (including phenoxy) is 1. The number of hydrogen-bond donors (Lipinski definition) is 0. The number of aryl methyl sites for hydroxylation is 1. The van der Waals surface area contributed by atoms with Crippen molar-refractivity contribution in [1.29, 1.82) is 0 Å². The van der Waals surface area contributed by atoms with Gasteiger partial charge in [-0.15, -0.1) is 0 Å². The summed E-state index contributed by atoms with van der Waals surface area (Å²) in [6.45, 7) is 2.04. The van der Waals surface area contributed by atoms with Gasteiger partial charge in [-0.05, 0) is 52.8 Å². The molecule has 2 unspecified atom stereocenters. The molecule has 27 heavy (non-hydrogen) atoms. The van der Waals surface area contributed by atoms with E-state index in [1.807, 2.05) is 0 Å². The van der Waals surface area contributed by atoms with Crippen LogP contribution in [0.2, 0.25) is 0 Å². The minimum absolute atomic E-state index is 0.428. The monoisotopic (exact) mass is 355 g/mol. The van der Waals surface area contributed by atoms with Crippen LogP contribution in [0.15, 0.2) is 72.8 Å². The van der Waals surface area contributed by atoms with Crippen LogP contribution in [0, 0.1) is 0 Å². The molecule has 1 aliphatic heterocycles. The molecule has 2 nitrogen and oxygen atoms in total. The molecule has 5 rings (SSSR count). The number of hydrogen-bond acceptors (Lipinski definition) is 2. The van der Waals surface area contributed by atoms with Crippen LogP contribution in [0.3, 0.4) is 0 Å². The number of rotatable bonds is 3. The van der Waals surface area contributed by atoms with E-state index >= 15 is 0 Å². The van der Waals surface area contributed by atoms with Gasteiger partial charge < -0.3 is 4.74 Å². The van der Waals surface area contributed by atoms with E-state index in [0.29, 0.717) is 12.0 Å². The van der Waals surface area contributed by atoms with Crippen LogP contribution < -0.4 is 4.74 Å². The maximum atomic E-state index is 5.56. The van der Waals surface area contributed by atoms with E-state index in [1.54, 1.807) is 7.11 Å². The Hall–Kier alpha value is -2.58. The Bertz CT molecular complexity index is 950. The van der Waals surface area contributed by atoms with Crippen LogP contribution in [0.4, 0.5) is 0 Å². The first kappa shape index (κ1) is 16.6. The standard InChI is InChI=1S/C25H25NO/c1-27-21-13-11-19-12-14-24-25(23(19)15-21)22-10-6-5-9-20(22)17-26(24)16-18-7-3-2-4-8-18/h2-11,13,15,24-25H,12,14,16-17H2,1H3. The van der Waals surface area contributed by atoms with Crippen molar-refractivity contribution >= 4 is 0 Å². The van der Waals surface area contributed by atoms with Gasteiger partial charge in [0.2, 0.25) is 0 Å². The third-order valence-corrected chi connectivity index (χ3v) is 6.24. The lowest BCUT2D eigenvalue weighted by Crippen LogP contribution is -2.45. The Kier molecular flexibility index (Phi) is 4.21. The number of nitrogens with zero attached hydrogens (tertiary/aromatic N) is 1. The summed E-state index contributed by atoms with van der Waals surface area (Å²) in [5.41, 5.74) is 7.29. The minimum Gasteiger partial charge on any atom is -0.497 e. The van der Waals surface area contributed by atoms with Gasteiger partial charge in [0, 0.05) is 25.0 Å². The Labute approximate surface area is 161 Å². The molecule has 0 saturated carbocycles. The highest BCUT2D eigenvalue weighted by Gasteiger charge is 2.39. The fraction of sp³-hybridized carbons (Fsp3) is 0.280. The van der Waals surface area contributed by atoms with Gasteiger partial charge in [0.1, 0.15) is 5.75 Å². The molecule has 0 radical (unpaired) electrons. The summed E-state index contributed by atoms with van der Waals surface area (Å²) in [6.07, 6.45) is 2.36. The molecule has 0 aromatic heterocycles. The third kappa shape index (κ3) is 2.94. The first-order chi connectivity index (χ1) is 13.3. The van der Waals surface area contributed by atoms with Crippen LogP contribution in [-0.4, -0.2) is 18.1 Å². The molecule has 2 heteroatoms. The van der Waals surface area contributed by atoms with Crippen molar-refractivity contribution in [3.8, 4) is 5.75 Å². The SMILES string of the molecule is COc1ccc2c(c1)C1c3ccccc3CN(Cc3ccccc3)C1CC2. The lowest BCUT2D eigenvalue weighted by molar-refractivity contribution is 0.133. The van der Waals surface area contributed by atoms with Crippen molar-refractivity contribution in [3.63, 3.8) is 0 Å². The maximum Gasteiger partial charge on any atom is 0.119 e. The van der Waals surface area contributed by atoms with E-state index in [0.717, 1.165) is 25.3 Å². The van der Waals surface area contributed by atoms with Crippen molar-refractivity contribution in [2.75, 3.05) is 7.11 Å². The second-order valence-corrected chi connectivity index (χ2v) is 7.74. The highest BCUT2D eigenvalue weighted by molar-refractivity contribution is 5.49. The highest BCUT2D eigenvalue weighted by atomic mass is 16.5. The normalized spacial score (nSPS) is 21.1. The number of benzene rings is 3. The van der Waals surface area contributed by atoms with Crippen LogP contribution in [-0.2, 0) is 19.5 Å². The lowest BCUT2D eigenvalue weighted by atomic mass is 9.71. The zero-order valence-corrected chi connectivity index (χ0v) is 15.8. The molecule has 2 atom stereocenters. The maximum absolute atomic E-state index is 5.56. The van der Waals surface area contributed by atoms with Gasteiger partial charge >= 0.3 is 0 Å². The predicted molar refractivity (Wildman–Crippen MR) is 109 cm³/mol. The van der Waals surface area contributed by atoms with E-state index < -0.39 is 0 Å². The molecule has 2 aliphatic rings. The summed E-state index contributed by atoms with van der Waals surface area (Å²) in [5.74, 6) is 1.39. The van der Waals surface area contributed by atoms with Gasteiger partial charge in [-0.25, -0.2) is 0 Å². The number of methoxy groups -OCH3 is 1. The predicted octanol–water partition coefficient (Wildman–Crippen LogP) is 5.16. The summed E-state index contributed by atoms with van der Waals surface area (Å²) < 4.78 is 5.56. The highest BCUT2D eigenvalue weighted by Crippen LogP contribution is 2.45. The molecule has 1 heterocycles. The van der Waals surface area contributed by atoms with Crippen molar-refractivity contribution in [2.24, 2.45) is 0 Å². The van der Waals surface area contributed by atoms with Gasteiger partial charge in [-0.3, -0.25) is 4.90 Å². The topological polar surface area (TPSA) is 12.5 Å². The van der Waals surface area contributed by atoms with Gasteiger partial charge in [0.25, 0.3) is 0 Å². The van der Waals surface area contributed by atoms with Crippen molar-refractivity contribution in [2.45, 2.75) is 37.9 Å². The van der Waals surface area contributed by atoms with Crippen molar-refractivity contribution < 1.29 is 4.74 Å². The van der Waals surface area contributed by atoms with Gasteiger partial charge in [0.15, 0.2) is 0 Å². The molecule has 3 aromatic carbocycles. The molecule has 3 aromatic rings. The molecule has 0 N–H and O–H groups in total. The molecule has 0 spiro atoms. The van der Waals surface area contributed by atoms with Crippen LogP contribution in [0.1, 0.15) is 40.2 Å². The molecule has 0 bridgehead atoms. The number of fused-ring (bicyclic) bond motifs is 5. The molecule has 0 fully saturated rings. The van der Waals surface area contributed by atoms with E-state index in [2.05, 4.69) is 77.7 Å². The van der Waals surface area contributed by atoms with Gasteiger partial charge in [-0.1, -0.05) is 60.7 Å². The van der Waals surface area contributed by atoms with Crippen molar-refractivity contribution in [3.05, 3.63) is 101 Å². The molecular formula is C25H25NO. The van der Waals surface area contributed by atoms with Crippen molar-refractivity contribution in [1.82, 2.24) is 4.90 Å². The average molecular weight is 355 g/mol. The van der Waals surface area contributed by atoms with E-state index in [9.17, 15) is 0 Å². The smallest absolute Gasteiger partial charge is 0.119 e. The quantitative estimate of drug-likeness (QED) is 0.644. The summed E-state index contributed by atoms with van der Waals surface area (Å²) in [5, 5.41) is 0. The lowest BCUT2D eigenvalue weighted by Gasteiger charge is -2.46. The van der Waals surface area contributed by atoms with E-state index in [1.165, 1.54) is 34.2 Å². The zero-order valence-electron chi connectivity index (χ0n) is 15.8. The Balaban J connectivity index is 1.60. The van der Waals surface area contributed by atoms with E-state index in [-0.39, 0.29) is 0 Å². The first-order valence-corrected chi connectivity index (χ1v) is 9.86. The summed E-state index contributed by atoms with van der Waals surface area (Å²) in [7, 11) is 1.76. The molecule has 0 saturated heterocycles. The summed E-state index contributed by atoms with van der Waals surface area (Å²) in [4.78, 5) is 2.69. The molecule has 1 aliphatic carbocycles. The fourth-order valence-electron chi connectivity index (χ4n) is 4.97. The first-order valence-electron chi connectivity index (χ1n) is 9.86. The molecule has 136 valence electrons. The Morgan fingerprint density at radius 1 is 0.889 bits per heavy atom. The van der Waals surface area contributed by atoms with Gasteiger partial charge in [-0.2, -0.15) is 0 Å². The van der Waals surface area contributed by atoms with Crippen LogP contribution in [0.5, 0.6) is 5.75 Å². The second-order valence-electron chi connectivity index (χ2n) is 7.74. The minimum atomic E-state index is 0.428. The largest absolute Gasteiger partial charge is 0.497 e. The Morgan fingerprint density at radius 2 is 1.70 bits per heavy atom. The van der Waals surface area contributed by atoms with Gasteiger partial charge in [0.05, 0.1) is 7.11 Å². The molecule has 0 amide bonds. The van der Waals surface area contributed by atoms with E-state index in [4.69, 9.17) is 4.74 Å². The van der Waals surface area contributed by atoms with Crippen LogP contribution in [0.25, 0.3) is 0 Å². The average Bonchev–Trinajstić information content (AvgIpc) is 2.73. The summed E-state index contributed by atoms with van der Waals surface area (Å²) >= 11 is 0. The second kappa shape index (κ2) is 6.86. The molecular weight excluding hydrogens is 330 g/mol. The fourth-order valence-corrected chi connectivity index (χ4v) is 4.97. The van der Waals surface area contributed by atoms with Crippen LogP contribution >= 0.6 is 0 Å².